The van der Waals surface area contributed by atoms with Gasteiger partial charge in [-0.15, -0.1) is 0 Å². The van der Waals surface area contributed by atoms with Crippen molar-refractivity contribution in [1.82, 2.24) is 4.90 Å². The lowest BCUT2D eigenvalue weighted by Gasteiger charge is -2.25. The van der Waals surface area contributed by atoms with Gasteiger partial charge in [0.25, 0.3) is 5.91 Å². The van der Waals surface area contributed by atoms with E-state index < -0.39 is 6.04 Å². The van der Waals surface area contributed by atoms with Crippen LogP contribution < -0.4 is 5.43 Å². The van der Waals surface area contributed by atoms with Crippen LogP contribution in [0.25, 0.3) is 11.0 Å². The van der Waals surface area contributed by atoms with Crippen LogP contribution in [0.4, 0.5) is 0 Å². The van der Waals surface area contributed by atoms with E-state index in [2.05, 4.69) is 15.9 Å². The van der Waals surface area contributed by atoms with Gasteiger partial charge in [0.2, 0.25) is 5.76 Å². The molecule has 2 heterocycles. The molecule has 0 radical (unpaired) electrons. The minimum Gasteiger partial charge on any atom is -0.450 e. The van der Waals surface area contributed by atoms with E-state index in [9.17, 15) is 9.59 Å². The van der Waals surface area contributed by atoms with Crippen molar-refractivity contribution in [1.29, 1.82) is 0 Å². The maximum Gasteiger partial charge on any atom is 0.290 e. The molecule has 6 heteroatoms. The van der Waals surface area contributed by atoms with E-state index in [4.69, 9.17) is 9.15 Å². The first-order chi connectivity index (χ1) is 14.4. The van der Waals surface area contributed by atoms with Gasteiger partial charge < -0.3 is 14.1 Å². The lowest BCUT2D eigenvalue weighted by atomic mass is 9.98. The second kappa shape index (κ2) is 8.36. The van der Waals surface area contributed by atoms with Gasteiger partial charge in [-0.05, 0) is 57.0 Å². The molecule has 0 saturated heterocycles. The van der Waals surface area contributed by atoms with Crippen LogP contribution in [0.15, 0.2) is 56.1 Å². The van der Waals surface area contributed by atoms with Crippen LogP contribution in [0.3, 0.4) is 0 Å². The minimum absolute atomic E-state index is 0.133. The quantitative estimate of drug-likeness (QED) is 0.464. The maximum absolute atomic E-state index is 13.5. The summed E-state index contributed by atoms with van der Waals surface area (Å²) in [5, 5.41) is 0.506. The zero-order valence-electron chi connectivity index (χ0n) is 17.3. The van der Waals surface area contributed by atoms with Crippen LogP contribution in [0.2, 0.25) is 0 Å². The van der Waals surface area contributed by atoms with Gasteiger partial charge in [0.05, 0.1) is 23.1 Å². The fraction of sp³-hybridized carbons (Fsp3) is 0.333. The molecule has 1 aliphatic heterocycles. The number of carbonyl (C=O) groups excluding carboxylic acids is 1. The van der Waals surface area contributed by atoms with E-state index in [-0.39, 0.29) is 23.2 Å². The van der Waals surface area contributed by atoms with Crippen molar-refractivity contribution >= 4 is 32.8 Å². The van der Waals surface area contributed by atoms with Crippen molar-refractivity contribution in [2.24, 2.45) is 0 Å². The molecule has 0 fully saturated rings. The number of fused-ring (bicyclic) bond motifs is 2. The highest BCUT2D eigenvalue weighted by atomic mass is 79.9. The highest BCUT2D eigenvalue weighted by molar-refractivity contribution is 9.10. The molecule has 2 aromatic carbocycles. The highest BCUT2D eigenvalue weighted by Gasteiger charge is 2.42. The molecule has 0 bridgehead atoms. The van der Waals surface area contributed by atoms with Crippen molar-refractivity contribution in [2.45, 2.75) is 39.3 Å². The number of benzene rings is 2. The first-order valence-corrected chi connectivity index (χ1v) is 10.9. The summed E-state index contributed by atoms with van der Waals surface area (Å²) in [5.74, 6) is -0.106. The molecule has 5 nitrogen and oxygen atoms in total. The predicted octanol–water partition coefficient (Wildman–Crippen LogP) is 5.22. The van der Waals surface area contributed by atoms with Gasteiger partial charge in [-0.25, -0.2) is 0 Å². The van der Waals surface area contributed by atoms with Crippen LogP contribution in [0.1, 0.15) is 53.6 Å². The SMILES string of the molecule is Cc1ccc2oc3c(c(=O)c2c1)C(c1cccc(Br)c1)N(CCCOC(C)C)C3=O. The number of amides is 1. The molecule has 4 rings (SSSR count). The molecule has 0 N–H and O–H groups in total. The van der Waals surface area contributed by atoms with Crippen molar-refractivity contribution in [2.75, 3.05) is 13.2 Å². The summed E-state index contributed by atoms with van der Waals surface area (Å²) >= 11 is 3.51. The summed E-state index contributed by atoms with van der Waals surface area (Å²) in [5.41, 5.74) is 2.56. The molecule has 156 valence electrons. The highest BCUT2D eigenvalue weighted by Crippen LogP contribution is 2.38. The summed E-state index contributed by atoms with van der Waals surface area (Å²) in [6.45, 7) is 6.92. The Morgan fingerprint density at radius 2 is 1.97 bits per heavy atom. The van der Waals surface area contributed by atoms with Gasteiger partial charge in [-0.1, -0.05) is 39.7 Å². The molecule has 1 aromatic heterocycles. The fourth-order valence-electron chi connectivity index (χ4n) is 3.94. The Morgan fingerprint density at radius 3 is 2.70 bits per heavy atom. The Morgan fingerprint density at radius 1 is 1.17 bits per heavy atom. The average Bonchev–Trinajstić information content (AvgIpc) is 2.98. The lowest BCUT2D eigenvalue weighted by Crippen LogP contribution is -2.31. The first-order valence-electron chi connectivity index (χ1n) is 10.1. The number of aryl methyl sites for hydroxylation is 1. The number of rotatable bonds is 6. The molecule has 0 aliphatic carbocycles. The summed E-state index contributed by atoms with van der Waals surface area (Å²) in [6, 6.07) is 12.7. The standard InChI is InChI=1S/C24H24BrNO4/c1-14(2)29-11-5-10-26-21(16-6-4-7-17(25)13-16)20-22(27)18-12-15(3)8-9-19(18)30-23(20)24(26)28/h4,6-9,12-14,21H,5,10-11H2,1-3H3. The zero-order valence-corrected chi connectivity index (χ0v) is 18.9. The zero-order chi connectivity index (χ0) is 21.4. The first kappa shape index (κ1) is 20.8. The van der Waals surface area contributed by atoms with Crippen LogP contribution in [-0.4, -0.2) is 30.1 Å². The number of hydrogen-bond donors (Lipinski definition) is 0. The van der Waals surface area contributed by atoms with E-state index in [0.717, 1.165) is 15.6 Å². The van der Waals surface area contributed by atoms with Crippen molar-refractivity contribution in [3.05, 3.63) is 79.6 Å². The second-order valence-electron chi connectivity index (χ2n) is 7.90. The third kappa shape index (κ3) is 3.82. The molecule has 3 aromatic rings. The fourth-order valence-corrected chi connectivity index (χ4v) is 4.36. The molecule has 30 heavy (non-hydrogen) atoms. The normalized spacial score (nSPS) is 16.0. The van der Waals surface area contributed by atoms with Crippen molar-refractivity contribution in [3.63, 3.8) is 0 Å². The van der Waals surface area contributed by atoms with Crippen LogP contribution in [0, 0.1) is 6.92 Å². The Labute approximate surface area is 183 Å². The van der Waals surface area contributed by atoms with Gasteiger partial charge in [0.15, 0.2) is 5.43 Å². The Kier molecular flexibility index (Phi) is 5.80. The molecule has 0 saturated carbocycles. The minimum atomic E-state index is -0.481. The number of hydrogen-bond acceptors (Lipinski definition) is 4. The van der Waals surface area contributed by atoms with Gasteiger partial charge >= 0.3 is 0 Å². The monoisotopic (exact) mass is 469 g/mol. The Hall–Kier alpha value is -2.44. The summed E-state index contributed by atoms with van der Waals surface area (Å²) < 4.78 is 12.5. The van der Waals surface area contributed by atoms with Gasteiger partial charge in [-0.3, -0.25) is 9.59 Å². The van der Waals surface area contributed by atoms with Gasteiger partial charge in [0, 0.05) is 17.6 Å². The molecular formula is C24H24BrNO4. The molecule has 1 unspecified atom stereocenters. The third-order valence-electron chi connectivity index (χ3n) is 5.28. The van der Waals surface area contributed by atoms with E-state index in [0.29, 0.717) is 36.1 Å². The Bertz CT molecular complexity index is 1170. The number of halogens is 1. The third-order valence-corrected chi connectivity index (χ3v) is 5.77. The largest absolute Gasteiger partial charge is 0.450 e. The average molecular weight is 470 g/mol. The van der Waals surface area contributed by atoms with Crippen LogP contribution >= 0.6 is 15.9 Å². The summed E-state index contributed by atoms with van der Waals surface area (Å²) in [7, 11) is 0. The topological polar surface area (TPSA) is 59.8 Å². The maximum atomic E-state index is 13.5. The number of ether oxygens (including phenoxy) is 1. The van der Waals surface area contributed by atoms with Crippen LogP contribution in [-0.2, 0) is 4.74 Å². The smallest absolute Gasteiger partial charge is 0.290 e. The van der Waals surface area contributed by atoms with Gasteiger partial charge in [0.1, 0.15) is 5.58 Å². The van der Waals surface area contributed by atoms with Crippen LogP contribution in [0.5, 0.6) is 0 Å². The summed E-state index contributed by atoms with van der Waals surface area (Å²) in [6.07, 6.45) is 0.809. The molecule has 1 aliphatic rings. The predicted molar refractivity (Wildman–Crippen MR) is 120 cm³/mol. The van der Waals surface area contributed by atoms with E-state index >= 15 is 0 Å². The molecule has 1 amide bonds. The Balaban J connectivity index is 1.83. The van der Waals surface area contributed by atoms with E-state index in [1.807, 2.05) is 57.2 Å². The van der Waals surface area contributed by atoms with E-state index in [1.54, 1.807) is 11.0 Å². The summed E-state index contributed by atoms with van der Waals surface area (Å²) in [4.78, 5) is 28.5. The van der Waals surface area contributed by atoms with Crippen molar-refractivity contribution < 1.29 is 13.9 Å². The number of carbonyl (C=O) groups is 1. The second-order valence-corrected chi connectivity index (χ2v) is 8.82. The van der Waals surface area contributed by atoms with E-state index in [1.165, 1.54) is 0 Å². The molecule has 1 atom stereocenters. The van der Waals surface area contributed by atoms with Gasteiger partial charge in [-0.2, -0.15) is 0 Å². The number of nitrogens with zero attached hydrogens (tertiary/aromatic N) is 1. The van der Waals surface area contributed by atoms with Crippen molar-refractivity contribution in [3.8, 4) is 0 Å². The molecular weight excluding hydrogens is 446 g/mol. The lowest BCUT2D eigenvalue weighted by molar-refractivity contribution is 0.0593. The molecule has 0 spiro atoms.